The molecule has 0 aromatic carbocycles. The minimum atomic E-state index is 0.0354. The average Bonchev–Trinajstić information content (AvgIpc) is 2.73. The van der Waals surface area contributed by atoms with Gasteiger partial charge in [-0.3, -0.25) is 4.79 Å². The molecule has 3 fully saturated rings. The molecule has 0 amide bonds. The Hall–Kier alpha value is -0.570. The topological polar surface area (TPSA) is 38.3 Å². The number of carbonyl (C=O) groups excluding carboxylic acids is 1. The summed E-state index contributed by atoms with van der Waals surface area (Å²) in [5.41, 5.74) is 0.516. The highest BCUT2D eigenvalue weighted by Crippen LogP contribution is 2.66. The van der Waals surface area contributed by atoms with Crippen LogP contribution in [0, 0.1) is 22.7 Å². The average molecular weight is 279 g/mol. The third-order valence-electron chi connectivity index (χ3n) is 6.84. The Morgan fingerprint density at radius 2 is 2.10 bits per heavy atom. The maximum atomic E-state index is 12.2. The number of ether oxygens (including phenoxy) is 1. The molecule has 3 heteroatoms. The highest BCUT2D eigenvalue weighted by Gasteiger charge is 2.62. The van der Waals surface area contributed by atoms with Crippen molar-refractivity contribution in [3.8, 4) is 0 Å². The van der Waals surface area contributed by atoms with Crippen molar-refractivity contribution >= 4 is 5.97 Å². The Balaban J connectivity index is 1.57. The fourth-order valence-corrected chi connectivity index (χ4v) is 4.85. The predicted molar refractivity (Wildman–Crippen MR) is 79.3 cm³/mol. The van der Waals surface area contributed by atoms with Gasteiger partial charge in [-0.2, -0.15) is 0 Å². The van der Waals surface area contributed by atoms with E-state index >= 15 is 0 Å². The molecule has 1 aliphatic heterocycles. The Morgan fingerprint density at radius 3 is 2.65 bits per heavy atom. The van der Waals surface area contributed by atoms with Crippen molar-refractivity contribution in [1.82, 2.24) is 5.32 Å². The van der Waals surface area contributed by atoms with Crippen LogP contribution >= 0.6 is 0 Å². The molecule has 2 bridgehead atoms. The predicted octanol–water partition coefficient (Wildman–Crippen LogP) is 3.13. The lowest BCUT2D eigenvalue weighted by atomic mass is 9.70. The van der Waals surface area contributed by atoms with Gasteiger partial charge in [0.2, 0.25) is 0 Å². The van der Waals surface area contributed by atoms with Crippen LogP contribution in [0.25, 0.3) is 0 Å². The van der Waals surface area contributed by atoms with Crippen molar-refractivity contribution in [1.29, 1.82) is 0 Å². The molecule has 0 aromatic heterocycles. The van der Waals surface area contributed by atoms with E-state index in [-0.39, 0.29) is 17.5 Å². The van der Waals surface area contributed by atoms with Crippen LogP contribution in [0.4, 0.5) is 0 Å². The molecule has 0 spiro atoms. The van der Waals surface area contributed by atoms with Gasteiger partial charge in [-0.15, -0.1) is 0 Å². The van der Waals surface area contributed by atoms with Gasteiger partial charge in [0.05, 0.1) is 0 Å². The van der Waals surface area contributed by atoms with E-state index in [1.807, 2.05) is 0 Å². The number of piperidine rings is 1. The first-order valence-corrected chi connectivity index (χ1v) is 8.34. The molecule has 3 rings (SSSR count). The van der Waals surface area contributed by atoms with Crippen LogP contribution in [-0.4, -0.2) is 25.2 Å². The van der Waals surface area contributed by atoms with Gasteiger partial charge in [-0.1, -0.05) is 20.8 Å². The van der Waals surface area contributed by atoms with Crippen LogP contribution in [0.5, 0.6) is 0 Å². The van der Waals surface area contributed by atoms with Crippen LogP contribution in [-0.2, 0) is 9.53 Å². The van der Waals surface area contributed by atoms with E-state index in [4.69, 9.17) is 4.74 Å². The molecular weight excluding hydrogens is 250 g/mol. The zero-order chi connectivity index (χ0) is 14.4. The number of fused-ring (bicyclic) bond motifs is 2. The second kappa shape index (κ2) is 5.01. The molecule has 3 nitrogen and oxygen atoms in total. The Labute approximate surface area is 122 Å². The quantitative estimate of drug-likeness (QED) is 0.807. The van der Waals surface area contributed by atoms with E-state index in [9.17, 15) is 4.79 Å². The zero-order valence-corrected chi connectivity index (χ0v) is 13.2. The van der Waals surface area contributed by atoms with E-state index in [1.54, 1.807) is 0 Å². The van der Waals surface area contributed by atoms with Crippen LogP contribution in [0.2, 0.25) is 0 Å². The van der Waals surface area contributed by atoms with E-state index in [0.29, 0.717) is 17.8 Å². The second-order valence-corrected chi connectivity index (χ2v) is 8.01. The smallest absolute Gasteiger partial charge is 0.306 e. The fourth-order valence-electron chi connectivity index (χ4n) is 4.85. The summed E-state index contributed by atoms with van der Waals surface area (Å²) in [7, 11) is 0. The zero-order valence-electron chi connectivity index (χ0n) is 13.2. The van der Waals surface area contributed by atoms with Gasteiger partial charge in [0.15, 0.2) is 0 Å². The van der Waals surface area contributed by atoms with Crippen molar-refractivity contribution in [2.24, 2.45) is 22.7 Å². The molecule has 2 saturated carbocycles. The number of hydrogen-bond acceptors (Lipinski definition) is 3. The molecule has 4 unspecified atom stereocenters. The molecular formula is C17H29NO2. The Kier molecular flexibility index (Phi) is 3.60. The van der Waals surface area contributed by atoms with Crippen LogP contribution in [0.3, 0.4) is 0 Å². The molecule has 1 N–H and O–H groups in total. The standard InChI is InChI=1S/C17H29NO2/c1-16(2)13-6-7-17(16,3)14(10-13)20-15(19)9-12-5-4-8-18-11-12/h12-14,18H,4-11H2,1-3H3. The van der Waals surface area contributed by atoms with Gasteiger partial charge in [0.1, 0.15) is 6.10 Å². The van der Waals surface area contributed by atoms with Crippen molar-refractivity contribution in [3.63, 3.8) is 0 Å². The summed E-state index contributed by atoms with van der Waals surface area (Å²) in [5, 5.41) is 3.37. The summed E-state index contributed by atoms with van der Waals surface area (Å²) in [5.74, 6) is 1.26. The van der Waals surface area contributed by atoms with Crippen molar-refractivity contribution in [3.05, 3.63) is 0 Å². The second-order valence-electron chi connectivity index (χ2n) is 8.01. The summed E-state index contributed by atoms with van der Waals surface area (Å²) in [6, 6.07) is 0. The SMILES string of the molecule is CC1(C)C2CCC1(C)C(OC(=O)CC1CCCNC1)C2. The number of rotatable bonds is 3. The first-order valence-electron chi connectivity index (χ1n) is 8.34. The number of hydrogen-bond donors (Lipinski definition) is 1. The maximum Gasteiger partial charge on any atom is 0.306 e. The van der Waals surface area contributed by atoms with Gasteiger partial charge < -0.3 is 10.1 Å². The van der Waals surface area contributed by atoms with Crippen LogP contribution in [0.15, 0.2) is 0 Å². The highest BCUT2D eigenvalue weighted by molar-refractivity contribution is 5.70. The van der Waals surface area contributed by atoms with Gasteiger partial charge in [0.25, 0.3) is 0 Å². The summed E-state index contributed by atoms with van der Waals surface area (Å²) in [6.45, 7) is 9.14. The van der Waals surface area contributed by atoms with E-state index < -0.39 is 0 Å². The summed E-state index contributed by atoms with van der Waals surface area (Å²) < 4.78 is 5.92. The molecule has 2 aliphatic carbocycles. The Bertz CT molecular complexity index is 386. The third kappa shape index (κ3) is 2.18. The maximum absolute atomic E-state index is 12.2. The third-order valence-corrected chi connectivity index (χ3v) is 6.84. The molecule has 114 valence electrons. The molecule has 1 saturated heterocycles. The summed E-state index contributed by atoms with van der Waals surface area (Å²) in [4.78, 5) is 12.2. The lowest BCUT2D eigenvalue weighted by Crippen LogP contribution is -2.39. The first kappa shape index (κ1) is 14.4. The summed E-state index contributed by atoms with van der Waals surface area (Å²) >= 11 is 0. The molecule has 4 atom stereocenters. The van der Waals surface area contributed by atoms with Crippen molar-refractivity contribution in [2.45, 2.75) is 65.4 Å². The van der Waals surface area contributed by atoms with E-state index in [2.05, 4.69) is 26.1 Å². The molecule has 3 aliphatic rings. The minimum Gasteiger partial charge on any atom is -0.462 e. The van der Waals surface area contributed by atoms with Gasteiger partial charge in [-0.25, -0.2) is 0 Å². The van der Waals surface area contributed by atoms with Crippen molar-refractivity contribution in [2.75, 3.05) is 13.1 Å². The van der Waals surface area contributed by atoms with Gasteiger partial charge >= 0.3 is 5.97 Å². The van der Waals surface area contributed by atoms with Gasteiger partial charge in [-0.05, 0) is 62.4 Å². The monoisotopic (exact) mass is 279 g/mol. The minimum absolute atomic E-state index is 0.0354. The lowest BCUT2D eigenvalue weighted by Gasteiger charge is -2.38. The van der Waals surface area contributed by atoms with E-state index in [0.717, 1.165) is 31.8 Å². The fraction of sp³-hybridized carbons (Fsp3) is 0.941. The number of nitrogens with one attached hydrogen (secondary N) is 1. The summed E-state index contributed by atoms with van der Waals surface area (Å²) in [6.07, 6.45) is 6.72. The lowest BCUT2D eigenvalue weighted by molar-refractivity contribution is -0.158. The molecule has 0 aromatic rings. The highest BCUT2D eigenvalue weighted by atomic mass is 16.5. The molecule has 20 heavy (non-hydrogen) atoms. The molecule has 1 heterocycles. The van der Waals surface area contributed by atoms with Crippen LogP contribution < -0.4 is 5.32 Å². The number of esters is 1. The van der Waals surface area contributed by atoms with Gasteiger partial charge in [0, 0.05) is 11.8 Å². The van der Waals surface area contributed by atoms with Crippen LogP contribution in [0.1, 0.15) is 59.3 Å². The normalized spacial score (nSPS) is 42.6. The largest absolute Gasteiger partial charge is 0.462 e. The first-order chi connectivity index (χ1) is 9.43. The number of carbonyl (C=O) groups is 1. The van der Waals surface area contributed by atoms with E-state index in [1.165, 1.54) is 19.3 Å². The molecule has 0 radical (unpaired) electrons. The Morgan fingerprint density at radius 1 is 1.30 bits per heavy atom. The van der Waals surface area contributed by atoms with Crippen molar-refractivity contribution < 1.29 is 9.53 Å².